The number of amides is 3. The van der Waals surface area contributed by atoms with Crippen LogP contribution in [0.3, 0.4) is 0 Å². The number of para-hydroxylation sites is 1. The number of rotatable bonds is 13. The van der Waals surface area contributed by atoms with Crippen LogP contribution >= 0.6 is 11.8 Å². The van der Waals surface area contributed by atoms with Crippen molar-refractivity contribution in [2.75, 3.05) is 23.9 Å². The first-order valence-electron chi connectivity index (χ1n) is 13.7. The summed E-state index contributed by atoms with van der Waals surface area (Å²) in [6.45, 7) is 11.7. The first kappa shape index (κ1) is 32.2. The Bertz CT molecular complexity index is 1100. The largest absolute Gasteiger partial charge is 0.444 e. The van der Waals surface area contributed by atoms with Crippen molar-refractivity contribution in [3.63, 3.8) is 0 Å². The first-order chi connectivity index (χ1) is 18.5. The van der Waals surface area contributed by atoms with Gasteiger partial charge in [-0.15, -0.1) is 0 Å². The summed E-state index contributed by atoms with van der Waals surface area (Å²) in [6, 6.07) is 13.5. The summed E-state index contributed by atoms with van der Waals surface area (Å²) in [5, 5.41) is 5.87. The summed E-state index contributed by atoms with van der Waals surface area (Å²) >= 11 is 1.60. The number of hydrogen-bond acceptors (Lipinski definition) is 5. The van der Waals surface area contributed by atoms with E-state index < -0.39 is 23.8 Å². The van der Waals surface area contributed by atoms with Crippen LogP contribution in [0.5, 0.6) is 0 Å². The van der Waals surface area contributed by atoms with Gasteiger partial charge in [0, 0.05) is 12.2 Å². The molecule has 0 radical (unpaired) electrons. The fraction of sp³-hybridized carbons (Fsp3) is 0.516. The van der Waals surface area contributed by atoms with E-state index in [0.29, 0.717) is 24.4 Å². The Morgan fingerprint density at radius 3 is 2.21 bits per heavy atom. The molecule has 0 heterocycles. The number of aryl methyl sites for hydroxylation is 2. The predicted octanol–water partition coefficient (Wildman–Crippen LogP) is 6.65. The van der Waals surface area contributed by atoms with Crippen LogP contribution in [0.25, 0.3) is 0 Å². The smallest absolute Gasteiger partial charge is 0.408 e. The molecule has 0 saturated heterocycles. The number of benzene rings is 2. The van der Waals surface area contributed by atoms with Crippen LogP contribution in [0, 0.1) is 13.8 Å². The molecule has 39 heavy (non-hydrogen) atoms. The Balaban J connectivity index is 2.54. The number of unbranched alkanes of at least 4 members (excludes halogenated alkanes) is 2. The Labute approximate surface area is 238 Å². The van der Waals surface area contributed by atoms with Crippen molar-refractivity contribution in [3.8, 4) is 0 Å². The lowest BCUT2D eigenvalue weighted by Crippen LogP contribution is -2.53. The van der Waals surface area contributed by atoms with E-state index in [1.54, 1.807) is 37.4 Å². The number of carbonyl (C=O) groups is 3. The Kier molecular flexibility index (Phi) is 12.8. The SMILES string of the molecule is CCCCCN(C(=O)C(CCSC)NC(=O)OC(C)(C)C)C(C(=O)Nc1ccccc1C)c1ccccc1C. The Morgan fingerprint density at radius 2 is 1.62 bits per heavy atom. The molecular formula is C31H45N3O4S. The average Bonchev–Trinajstić information content (AvgIpc) is 2.86. The molecule has 0 aromatic heterocycles. The number of ether oxygens (including phenoxy) is 1. The summed E-state index contributed by atoms with van der Waals surface area (Å²) in [6.07, 6.45) is 4.36. The predicted molar refractivity (Wildman–Crippen MR) is 161 cm³/mol. The molecule has 0 aliphatic rings. The fourth-order valence-electron chi connectivity index (χ4n) is 4.30. The highest BCUT2D eigenvalue weighted by Crippen LogP contribution is 2.28. The van der Waals surface area contributed by atoms with Gasteiger partial charge in [0.1, 0.15) is 17.7 Å². The van der Waals surface area contributed by atoms with Crippen LogP contribution in [-0.2, 0) is 14.3 Å². The van der Waals surface area contributed by atoms with E-state index in [1.165, 1.54) is 0 Å². The zero-order valence-corrected chi connectivity index (χ0v) is 25.3. The van der Waals surface area contributed by atoms with Gasteiger partial charge in [-0.05, 0) is 82.2 Å². The minimum Gasteiger partial charge on any atom is -0.444 e. The molecule has 0 bridgehead atoms. The molecule has 7 nitrogen and oxygen atoms in total. The van der Waals surface area contributed by atoms with E-state index >= 15 is 0 Å². The molecule has 0 saturated carbocycles. The topological polar surface area (TPSA) is 87.7 Å². The Hall–Kier alpha value is -3.00. The van der Waals surface area contributed by atoms with Crippen LogP contribution in [0.2, 0.25) is 0 Å². The molecule has 214 valence electrons. The van der Waals surface area contributed by atoms with Crippen molar-refractivity contribution in [1.82, 2.24) is 10.2 Å². The van der Waals surface area contributed by atoms with Crippen LogP contribution in [0.4, 0.5) is 10.5 Å². The van der Waals surface area contributed by atoms with E-state index in [-0.39, 0.29) is 11.8 Å². The van der Waals surface area contributed by atoms with Gasteiger partial charge in [0.2, 0.25) is 5.91 Å². The van der Waals surface area contributed by atoms with E-state index in [4.69, 9.17) is 4.74 Å². The van der Waals surface area contributed by atoms with Gasteiger partial charge < -0.3 is 20.3 Å². The molecule has 0 aliphatic heterocycles. The number of anilines is 1. The van der Waals surface area contributed by atoms with Crippen LogP contribution in [0.1, 0.15) is 76.1 Å². The van der Waals surface area contributed by atoms with Crippen molar-refractivity contribution in [3.05, 3.63) is 65.2 Å². The van der Waals surface area contributed by atoms with Crippen molar-refractivity contribution in [2.24, 2.45) is 0 Å². The summed E-state index contributed by atoms with van der Waals surface area (Å²) in [5.41, 5.74) is 2.61. The third-order valence-electron chi connectivity index (χ3n) is 6.33. The van der Waals surface area contributed by atoms with Crippen molar-refractivity contribution in [1.29, 1.82) is 0 Å². The molecule has 8 heteroatoms. The third kappa shape index (κ3) is 10.2. The van der Waals surface area contributed by atoms with Crippen molar-refractivity contribution in [2.45, 2.75) is 84.9 Å². The maximum atomic E-state index is 14.3. The molecule has 2 rings (SSSR count). The number of nitrogens with zero attached hydrogens (tertiary/aromatic N) is 1. The molecule has 0 spiro atoms. The van der Waals surface area contributed by atoms with Crippen molar-refractivity contribution >= 4 is 35.4 Å². The molecule has 0 fully saturated rings. The molecule has 2 aromatic carbocycles. The summed E-state index contributed by atoms with van der Waals surface area (Å²) in [5.74, 6) is 0.0861. The number of hydrogen-bond donors (Lipinski definition) is 2. The third-order valence-corrected chi connectivity index (χ3v) is 6.98. The van der Waals surface area contributed by atoms with Gasteiger partial charge in [0.15, 0.2) is 0 Å². The minimum atomic E-state index is -0.868. The fourth-order valence-corrected chi connectivity index (χ4v) is 4.77. The molecule has 2 aromatic rings. The van der Waals surface area contributed by atoms with E-state index in [1.807, 2.05) is 68.6 Å². The van der Waals surface area contributed by atoms with Gasteiger partial charge >= 0.3 is 6.09 Å². The molecule has 2 unspecified atom stereocenters. The number of carbonyl (C=O) groups excluding carboxylic acids is 3. The van der Waals surface area contributed by atoms with E-state index in [2.05, 4.69) is 17.6 Å². The lowest BCUT2D eigenvalue weighted by atomic mass is 9.97. The van der Waals surface area contributed by atoms with Gasteiger partial charge in [0.05, 0.1) is 0 Å². The highest BCUT2D eigenvalue weighted by atomic mass is 32.2. The lowest BCUT2D eigenvalue weighted by Gasteiger charge is -2.35. The zero-order valence-electron chi connectivity index (χ0n) is 24.5. The van der Waals surface area contributed by atoms with Gasteiger partial charge in [-0.3, -0.25) is 9.59 Å². The standard InChI is InChI=1S/C31H45N3O4S/c1-8-9-14-20-34(29(36)26(19-21-39-7)33-30(37)38-31(4,5)6)27(24-17-12-10-15-22(24)2)28(35)32-25-18-13-11-16-23(25)3/h10-13,15-18,26-27H,8-9,14,19-21H2,1-7H3,(H,32,35)(H,33,37). The minimum absolute atomic E-state index is 0.288. The summed E-state index contributed by atoms with van der Waals surface area (Å²) < 4.78 is 5.47. The van der Waals surface area contributed by atoms with Gasteiger partial charge in [-0.1, -0.05) is 62.2 Å². The van der Waals surface area contributed by atoms with Crippen LogP contribution in [-0.4, -0.2) is 53.0 Å². The van der Waals surface area contributed by atoms with Crippen molar-refractivity contribution < 1.29 is 19.1 Å². The van der Waals surface area contributed by atoms with E-state index in [0.717, 1.165) is 36.0 Å². The zero-order chi connectivity index (χ0) is 29.0. The first-order valence-corrected chi connectivity index (χ1v) is 15.1. The van der Waals surface area contributed by atoms with Gasteiger partial charge in [0.25, 0.3) is 5.91 Å². The maximum absolute atomic E-state index is 14.3. The monoisotopic (exact) mass is 555 g/mol. The van der Waals surface area contributed by atoms with Crippen LogP contribution in [0.15, 0.2) is 48.5 Å². The molecule has 0 aliphatic carbocycles. The van der Waals surface area contributed by atoms with E-state index in [9.17, 15) is 14.4 Å². The second-order valence-electron chi connectivity index (χ2n) is 10.8. The molecule has 2 atom stereocenters. The lowest BCUT2D eigenvalue weighted by molar-refractivity contribution is -0.141. The average molecular weight is 556 g/mol. The summed E-state index contributed by atoms with van der Waals surface area (Å²) in [7, 11) is 0. The number of thioether (sulfide) groups is 1. The van der Waals surface area contributed by atoms with Gasteiger partial charge in [-0.2, -0.15) is 11.8 Å². The highest BCUT2D eigenvalue weighted by Gasteiger charge is 2.36. The highest BCUT2D eigenvalue weighted by molar-refractivity contribution is 7.98. The second kappa shape index (κ2) is 15.6. The Morgan fingerprint density at radius 1 is 0.974 bits per heavy atom. The number of nitrogens with one attached hydrogen (secondary N) is 2. The molecule has 2 N–H and O–H groups in total. The normalized spacial score (nSPS) is 12.8. The second-order valence-corrected chi connectivity index (χ2v) is 11.8. The quantitative estimate of drug-likeness (QED) is 0.270. The van der Waals surface area contributed by atoms with Crippen LogP contribution < -0.4 is 10.6 Å². The summed E-state index contributed by atoms with van der Waals surface area (Å²) in [4.78, 5) is 42.7. The maximum Gasteiger partial charge on any atom is 0.408 e. The molecular weight excluding hydrogens is 510 g/mol. The molecule has 3 amide bonds. The van der Waals surface area contributed by atoms with Gasteiger partial charge in [-0.25, -0.2) is 4.79 Å². The number of alkyl carbamates (subject to hydrolysis) is 1.